The van der Waals surface area contributed by atoms with Crippen LogP contribution in [0.2, 0.25) is 0 Å². The highest BCUT2D eigenvalue weighted by atomic mass is 16.1. The SMILES string of the molecule is CCNc1cc(C(=O)NCc2cn[nH]c2C)ccn1. The molecular weight excluding hydrogens is 242 g/mol. The Balaban J connectivity index is 2.00. The van der Waals surface area contributed by atoms with Gasteiger partial charge in [-0.15, -0.1) is 0 Å². The lowest BCUT2D eigenvalue weighted by molar-refractivity contribution is 0.0951. The molecule has 0 aliphatic rings. The monoisotopic (exact) mass is 259 g/mol. The molecule has 2 aromatic heterocycles. The van der Waals surface area contributed by atoms with Crippen LogP contribution in [0.25, 0.3) is 0 Å². The summed E-state index contributed by atoms with van der Waals surface area (Å²) in [5.74, 6) is 0.580. The van der Waals surface area contributed by atoms with E-state index in [1.807, 2.05) is 13.8 Å². The summed E-state index contributed by atoms with van der Waals surface area (Å²) in [7, 11) is 0. The molecule has 100 valence electrons. The molecule has 0 bridgehead atoms. The van der Waals surface area contributed by atoms with Gasteiger partial charge < -0.3 is 10.6 Å². The standard InChI is InChI=1S/C13H17N5O/c1-3-14-12-6-10(4-5-15-12)13(19)16-7-11-8-17-18-9(11)2/h4-6,8H,3,7H2,1-2H3,(H,14,15)(H,16,19)(H,17,18). The smallest absolute Gasteiger partial charge is 0.251 e. The molecule has 0 fully saturated rings. The Labute approximate surface area is 111 Å². The van der Waals surface area contributed by atoms with Crippen LogP contribution in [-0.2, 0) is 6.54 Å². The number of aryl methyl sites for hydroxylation is 1. The Morgan fingerprint density at radius 1 is 1.47 bits per heavy atom. The zero-order chi connectivity index (χ0) is 13.7. The van der Waals surface area contributed by atoms with Crippen LogP contribution in [0.15, 0.2) is 24.5 Å². The van der Waals surface area contributed by atoms with Crippen molar-refractivity contribution in [3.63, 3.8) is 0 Å². The number of aromatic nitrogens is 3. The number of H-pyrrole nitrogens is 1. The number of carbonyl (C=O) groups excluding carboxylic acids is 1. The number of rotatable bonds is 5. The van der Waals surface area contributed by atoms with Gasteiger partial charge in [0.25, 0.3) is 5.91 Å². The van der Waals surface area contributed by atoms with E-state index < -0.39 is 0 Å². The van der Waals surface area contributed by atoms with E-state index in [4.69, 9.17) is 0 Å². The molecule has 0 saturated carbocycles. The molecule has 1 amide bonds. The van der Waals surface area contributed by atoms with Gasteiger partial charge in [-0.1, -0.05) is 0 Å². The van der Waals surface area contributed by atoms with Gasteiger partial charge in [-0.05, 0) is 26.0 Å². The summed E-state index contributed by atoms with van der Waals surface area (Å²) < 4.78 is 0. The number of aromatic amines is 1. The maximum atomic E-state index is 12.0. The van der Waals surface area contributed by atoms with E-state index in [-0.39, 0.29) is 5.91 Å². The average Bonchev–Trinajstić information content (AvgIpc) is 2.82. The quantitative estimate of drug-likeness (QED) is 0.759. The van der Waals surface area contributed by atoms with Gasteiger partial charge in [-0.2, -0.15) is 5.10 Å². The van der Waals surface area contributed by atoms with E-state index in [0.717, 1.165) is 17.8 Å². The van der Waals surface area contributed by atoms with Crippen molar-refractivity contribution in [2.24, 2.45) is 0 Å². The number of nitrogens with zero attached hydrogens (tertiary/aromatic N) is 2. The molecule has 0 aliphatic carbocycles. The first-order valence-corrected chi connectivity index (χ1v) is 6.17. The van der Waals surface area contributed by atoms with Gasteiger partial charge in [0.2, 0.25) is 0 Å². The molecule has 0 aliphatic heterocycles. The molecule has 6 heteroatoms. The van der Waals surface area contributed by atoms with Crippen molar-refractivity contribution in [1.29, 1.82) is 0 Å². The summed E-state index contributed by atoms with van der Waals surface area (Å²) in [4.78, 5) is 16.1. The molecule has 2 heterocycles. The molecule has 0 spiro atoms. The van der Waals surface area contributed by atoms with E-state index in [9.17, 15) is 4.79 Å². The minimum Gasteiger partial charge on any atom is -0.370 e. The number of carbonyl (C=O) groups is 1. The third kappa shape index (κ3) is 3.31. The van der Waals surface area contributed by atoms with E-state index >= 15 is 0 Å². The number of hydrogen-bond donors (Lipinski definition) is 3. The highest BCUT2D eigenvalue weighted by Gasteiger charge is 2.08. The Kier molecular flexibility index (Phi) is 4.12. The Morgan fingerprint density at radius 3 is 3.00 bits per heavy atom. The number of pyridine rings is 1. The highest BCUT2D eigenvalue weighted by Crippen LogP contribution is 2.07. The summed E-state index contributed by atoms with van der Waals surface area (Å²) in [5, 5.41) is 12.7. The molecular formula is C13H17N5O. The third-order valence-electron chi connectivity index (χ3n) is 2.75. The van der Waals surface area contributed by atoms with E-state index in [1.54, 1.807) is 24.5 Å². The molecule has 0 radical (unpaired) electrons. The predicted octanol–water partition coefficient (Wildman–Crippen LogP) is 1.47. The van der Waals surface area contributed by atoms with Gasteiger partial charge in [-0.3, -0.25) is 9.89 Å². The second-order valence-electron chi connectivity index (χ2n) is 4.16. The Hall–Kier alpha value is -2.37. The Bertz CT molecular complexity index is 564. The fraction of sp³-hybridized carbons (Fsp3) is 0.308. The summed E-state index contributed by atoms with van der Waals surface area (Å²) in [6.45, 7) is 5.13. The van der Waals surface area contributed by atoms with Gasteiger partial charge in [0.1, 0.15) is 5.82 Å². The van der Waals surface area contributed by atoms with Crippen LogP contribution in [0.1, 0.15) is 28.5 Å². The topological polar surface area (TPSA) is 82.7 Å². The van der Waals surface area contributed by atoms with Crippen molar-refractivity contribution in [2.45, 2.75) is 20.4 Å². The highest BCUT2D eigenvalue weighted by molar-refractivity contribution is 5.94. The molecule has 2 rings (SSSR count). The van der Waals surface area contributed by atoms with Crippen LogP contribution in [0.5, 0.6) is 0 Å². The van der Waals surface area contributed by atoms with Crippen molar-refractivity contribution in [2.75, 3.05) is 11.9 Å². The van der Waals surface area contributed by atoms with Crippen molar-refractivity contribution >= 4 is 11.7 Å². The van der Waals surface area contributed by atoms with Crippen LogP contribution < -0.4 is 10.6 Å². The number of nitrogens with one attached hydrogen (secondary N) is 3. The maximum Gasteiger partial charge on any atom is 0.251 e. The van der Waals surface area contributed by atoms with Crippen molar-refractivity contribution in [1.82, 2.24) is 20.5 Å². The normalized spacial score (nSPS) is 10.2. The van der Waals surface area contributed by atoms with Gasteiger partial charge in [0, 0.05) is 36.1 Å². The third-order valence-corrected chi connectivity index (χ3v) is 2.75. The number of anilines is 1. The summed E-state index contributed by atoms with van der Waals surface area (Å²) >= 11 is 0. The van der Waals surface area contributed by atoms with E-state index in [1.165, 1.54) is 0 Å². The largest absolute Gasteiger partial charge is 0.370 e. The summed E-state index contributed by atoms with van der Waals surface area (Å²) in [6, 6.07) is 3.43. The first kappa shape index (κ1) is 13.1. The van der Waals surface area contributed by atoms with Crippen molar-refractivity contribution in [3.8, 4) is 0 Å². The predicted molar refractivity (Wildman–Crippen MR) is 72.9 cm³/mol. The van der Waals surface area contributed by atoms with Crippen LogP contribution in [0.3, 0.4) is 0 Å². The second-order valence-corrected chi connectivity index (χ2v) is 4.16. The fourth-order valence-corrected chi connectivity index (χ4v) is 1.68. The summed E-state index contributed by atoms with van der Waals surface area (Å²) in [5.41, 5.74) is 2.53. The number of amides is 1. The second kappa shape index (κ2) is 5.99. The van der Waals surface area contributed by atoms with Gasteiger partial charge in [0.05, 0.1) is 6.20 Å². The first-order valence-electron chi connectivity index (χ1n) is 6.17. The molecule has 0 unspecified atom stereocenters. The van der Waals surface area contributed by atoms with Crippen molar-refractivity contribution in [3.05, 3.63) is 41.3 Å². The molecule has 2 aromatic rings. The minimum atomic E-state index is -0.123. The fourth-order valence-electron chi connectivity index (χ4n) is 1.68. The lowest BCUT2D eigenvalue weighted by atomic mass is 10.2. The molecule has 3 N–H and O–H groups in total. The average molecular weight is 259 g/mol. The molecule has 19 heavy (non-hydrogen) atoms. The van der Waals surface area contributed by atoms with E-state index in [2.05, 4.69) is 25.8 Å². The molecule has 0 atom stereocenters. The molecule has 0 saturated heterocycles. The minimum absolute atomic E-state index is 0.123. The van der Waals surface area contributed by atoms with Crippen LogP contribution in [0.4, 0.5) is 5.82 Å². The summed E-state index contributed by atoms with van der Waals surface area (Å²) in [6.07, 6.45) is 3.34. The molecule has 6 nitrogen and oxygen atoms in total. The van der Waals surface area contributed by atoms with Crippen LogP contribution in [-0.4, -0.2) is 27.6 Å². The lowest BCUT2D eigenvalue weighted by Gasteiger charge is -2.06. The molecule has 0 aromatic carbocycles. The zero-order valence-corrected chi connectivity index (χ0v) is 11.0. The van der Waals surface area contributed by atoms with Crippen LogP contribution in [0, 0.1) is 6.92 Å². The zero-order valence-electron chi connectivity index (χ0n) is 11.0. The first-order chi connectivity index (χ1) is 9.20. The lowest BCUT2D eigenvalue weighted by Crippen LogP contribution is -2.23. The van der Waals surface area contributed by atoms with Gasteiger partial charge >= 0.3 is 0 Å². The Morgan fingerprint density at radius 2 is 2.32 bits per heavy atom. The van der Waals surface area contributed by atoms with Crippen molar-refractivity contribution < 1.29 is 4.79 Å². The van der Waals surface area contributed by atoms with Gasteiger partial charge in [0.15, 0.2) is 0 Å². The van der Waals surface area contributed by atoms with E-state index in [0.29, 0.717) is 17.9 Å². The maximum absolute atomic E-state index is 12.0. The van der Waals surface area contributed by atoms with Gasteiger partial charge in [-0.25, -0.2) is 4.98 Å². The number of hydrogen-bond acceptors (Lipinski definition) is 4. The van der Waals surface area contributed by atoms with Crippen LogP contribution >= 0.6 is 0 Å².